The van der Waals surface area contributed by atoms with E-state index >= 15 is 0 Å². The summed E-state index contributed by atoms with van der Waals surface area (Å²) in [7, 11) is 1.29. The maximum absolute atomic E-state index is 11.0. The van der Waals surface area contributed by atoms with E-state index in [9.17, 15) is 9.59 Å². The van der Waals surface area contributed by atoms with Crippen LogP contribution in [0.1, 0.15) is 13.3 Å². The zero-order valence-electron chi connectivity index (χ0n) is 6.59. The highest BCUT2D eigenvalue weighted by Gasteiger charge is 2.30. The van der Waals surface area contributed by atoms with Gasteiger partial charge in [-0.1, -0.05) is 5.57 Å². The maximum atomic E-state index is 11.0. The van der Waals surface area contributed by atoms with Crippen molar-refractivity contribution in [3.05, 3.63) is 11.6 Å². The third-order valence-electron chi connectivity index (χ3n) is 1.74. The van der Waals surface area contributed by atoms with Crippen LogP contribution in [0.3, 0.4) is 0 Å². The van der Waals surface area contributed by atoms with Crippen molar-refractivity contribution in [1.29, 1.82) is 0 Å². The summed E-state index contributed by atoms with van der Waals surface area (Å²) >= 11 is 0. The molecule has 1 unspecified atom stereocenters. The lowest BCUT2D eigenvalue weighted by Gasteiger charge is -2.03. The lowest BCUT2D eigenvalue weighted by atomic mass is 10.1. The van der Waals surface area contributed by atoms with Gasteiger partial charge in [0.1, 0.15) is 5.92 Å². The van der Waals surface area contributed by atoms with E-state index in [1.807, 2.05) is 6.92 Å². The van der Waals surface area contributed by atoms with Crippen LogP contribution in [0.25, 0.3) is 0 Å². The van der Waals surface area contributed by atoms with Crippen molar-refractivity contribution >= 4 is 11.8 Å². The second-order valence-corrected chi connectivity index (χ2v) is 2.67. The fraction of sp³-hybridized carbons (Fsp3) is 0.500. The molecule has 1 aliphatic rings. The number of hydrogen-bond acceptors (Lipinski definition) is 3. The first-order chi connectivity index (χ1) is 5.15. The zero-order chi connectivity index (χ0) is 8.43. The number of ketones is 1. The first-order valence-corrected chi connectivity index (χ1v) is 3.44. The van der Waals surface area contributed by atoms with Crippen LogP contribution in [0.4, 0.5) is 0 Å². The Labute approximate surface area is 65.0 Å². The largest absolute Gasteiger partial charge is 0.468 e. The molecule has 0 radical (unpaired) electrons. The molecule has 0 saturated heterocycles. The Bertz CT molecular complexity index is 227. The van der Waals surface area contributed by atoms with Gasteiger partial charge in [0.05, 0.1) is 7.11 Å². The van der Waals surface area contributed by atoms with E-state index in [4.69, 9.17) is 0 Å². The van der Waals surface area contributed by atoms with Crippen LogP contribution in [-0.2, 0) is 14.3 Å². The molecule has 3 nitrogen and oxygen atoms in total. The first kappa shape index (κ1) is 7.98. The molecular formula is C8H10O3. The quantitative estimate of drug-likeness (QED) is 0.412. The predicted molar refractivity (Wildman–Crippen MR) is 38.9 cm³/mol. The molecule has 3 heteroatoms. The third-order valence-corrected chi connectivity index (χ3v) is 1.74. The van der Waals surface area contributed by atoms with Gasteiger partial charge in [-0.25, -0.2) is 0 Å². The standard InChI is InChI=1S/C8H10O3/c1-5-3-6(7(9)4-5)8(10)11-2/h4,6H,3H2,1-2H3. The first-order valence-electron chi connectivity index (χ1n) is 3.44. The summed E-state index contributed by atoms with van der Waals surface area (Å²) in [5.74, 6) is -1.13. The van der Waals surface area contributed by atoms with Crippen molar-refractivity contribution in [2.45, 2.75) is 13.3 Å². The molecule has 1 aliphatic carbocycles. The number of rotatable bonds is 1. The van der Waals surface area contributed by atoms with Gasteiger partial charge in [0.25, 0.3) is 0 Å². The van der Waals surface area contributed by atoms with E-state index in [-0.39, 0.29) is 5.78 Å². The zero-order valence-corrected chi connectivity index (χ0v) is 6.59. The highest BCUT2D eigenvalue weighted by molar-refractivity contribution is 6.07. The van der Waals surface area contributed by atoms with Crippen molar-refractivity contribution in [2.24, 2.45) is 5.92 Å². The number of hydrogen-bond donors (Lipinski definition) is 0. The highest BCUT2D eigenvalue weighted by atomic mass is 16.5. The number of allylic oxidation sites excluding steroid dienone is 2. The van der Waals surface area contributed by atoms with E-state index in [1.165, 1.54) is 13.2 Å². The summed E-state index contributed by atoms with van der Waals surface area (Å²) in [6, 6.07) is 0. The van der Waals surface area contributed by atoms with Gasteiger partial charge in [-0.05, 0) is 19.4 Å². The predicted octanol–water partition coefficient (Wildman–Crippen LogP) is 0.695. The Balaban J connectivity index is 2.67. The average Bonchev–Trinajstić information content (AvgIpc) is 2.28. The number of esters is 1. The van der Waals surface area contributed by atoms with Crippen LogP contribution < -0.4 is 0 Å². The van der Waals surface area contributed by atoms with Gasteiger partial charge in [-0.3, -0.25) is 9.59 Å². The lowest BCUT2D eigenvalue weighted by Crippen LogP contribution is -2.20. The van der Waals surface area contributed by atoms with Crippen molar-refractivity contribution in [3.8, 4) is 0 Å². The Hall–Kier alpha value is -1.12. The molecule has 1 atom stereocenters. The van der Waals surface area contributed by atoms with Gasteiger partial charge in [-0.15, -0.1) is 0 Å². The van der Waals surface area contributed by atoms with E-state index in [0.29, 0.717) is 6.42 Å². The molecule has 0 heterocycles. The van der Waals surface area contributed by atoms with Gasteiger partial charge < -0.3 is 4.74 Å². The minimum Gasteiger partial charge on any atom is -0.468 e. The molecule has 0 aromatic rings. The van der Waals surface area contributed by atoms with Gasteiger partial charge in [-0.2, -0.15) is 0 Å². The van der Waals surface area contributed by atoms with Crippen LogP contribution in [0, 0.1) is 5.92 Å². The molecule has 0 aromatic carbocycles. The molecule has 0 amide bonds. The molecule has 0 fully saturated rings. The van der Waals surface area contributed by atoms with Crippen LogP contribution in [0.5, 0.6) is 0 Å². The smallest absolute Gasteiger partial charge is 0.316 e. The van der Waals surface area contributed by atoms with Gasteiger partial charge in [0.15, 0.2) is 5.78 Å². The Morgan fingerprint density at radius 1 is 1.73 bits per heavy atom. The normalized spacial score (nSPS) is 23.3. The number of carbonyl (C=O) groups excluding carboxylic acids is 2. The minimum absolute atomic E-state index is 0.130. The van der Waals surface area contributed by atoms with Crippen molar-refractivity contribution < 1.29 is 14.3 Å². The summed E-state index contributed by atoms with van der Waals surface area (Å²) in [4.78, 5) is 21.9. The second-order valence-electron chi connectivity index (χ2n) is 2.67. The van der Waals surface area contributed by atoms with Crippen LogP contribution in [0.15, 0.2) is 11.6 Å². The molecule has 0 saturated carbocycles. The number of carbonyl (C=O) groups is 2. The Kier molecular flexibility index (Phi) is 2.08. The molecule has 0 spiro atoms. The van der Waals surface area contributed by atoms with E-state index in [2.05, 4.69) is 4.74 Å². The molecule has 0 aliphatic heterocycles. The van der Waals surface area contributed by atoms with Crippen molar-refractivity contribution in [2.75, 3.05) is 7.11 Å². The van der Waals surface area contributed by atoms with Crippen LogP contribution in [0.2, 0.25) is 0 Å². The average molecular weight is 154 g/mol. The maximum Gasteiger partial charge on any atom is 0.316 e. The van der Waals surface area contributed by atoms with E-state index < -0.39 is 11.9 Å². The topological polar surface area (TPSA) is 43.4 Å². The van der Waals surface area contributed by atoms with Crippen molar-refractivity contribution in [3.63, 3.8) is 0 Å². The Morgan fingerprint density at radius 3 is 2.73 bits per heavy atom. The monoisotopic (exact) mass is 154 g/mol. The minimum atomic E-state index is -0.569. The summed E-state index contributed by atoms with van der Waals surface area (Å²) in [6.07, 6.45) is 2.02. The molecule has 0 aromatic heterocycles. The highest BCUT2D eigenvalue weighted by Crippen LogP contribution is 2.21. The van der Waals surface area contributed by atoms with Crippen LogP contribution >= 0.6 is 0 Å². The van der Waals surface area contributed by atoms with Crippen LogP contribution in [-0.4, -0.2) is 18.9 Å². The van der Waals surface area contributed by atoms with Gasteiger partial charge >= 0.3 is 5.97 Å². The van der Waals surface area contributed by atoms with Gasteiger partial charge in [0.2, 0.25) is 0 Å². The summed E-state index contributed by atoms with van der Waals surface area (Å²) in [5.41, 5.74) is 0.949. The molecule has 0 N–H and O–H groups in total. The number of ether oxygens (including phenoxy) is 1. The summed E-state index contributed by atoms with van der Waals surface area (Å²) in [5, 5.41) is 0. The number of methoxy groups -OCH3 is 1. The second kappa shape index (κ2) is 2.86. The third kappa shape index (κ3) is 1.48. The van der Waals surface area contributed by atoms with E-state index in [1.54, 1.807) is 0 Å². The molecule has 1 rings (SSSR count). The molecule has 60 valence electrons. The SMILES string of the molecule is COC(=O)C1CC(C)=CC1=O. The lowest BCUT2D eigenvalue weighted by molar-refractivity contribution is -0.147. The fourth-order valence-electron chi connectivity index (χ4n) is 1.17. The summed E-state index contributed by atoms with van der Waals surface area (Å²) in [6.45, 7) is 1.83. The Morgan fingerprint density at radius 2 is 2.36 bits per heavy atom. The van der Waals surface area contributed by atoms with Gasteiger partial charge in [0, 0.05) is 0 Å². The fourth-order valence-corrected chi connectivity index (χ4v) is 1.17. The van der Waals surface area contributed by atoms with E-state index in [0.717, 1.165) is 5.57 Å². The van der Waals surface area contributed by atoms with Crippen molar-refractivity contribution in [1.82, 2.24) is 0 Å². The molecule has 11 heavy (non-hydrogen) atoms. The molecule has 0 bridgehead atoms. The summed E-state index contributed by atoms with van der Waals surface area (Å²) < 4.78 is 4.46. The molecular weight excluding hydrogens is 144 g/mol.